The lowest BCUT2D eigenvalue weighted by atomic mass is 10.0. The van der Waals surface area contributed by atoms with E-state index in [0.29, 0.717) is 19.3 Å². The smallest absolute Gasteiger partial charge is 0.306 e. The second-order valence-corrected chi connectivity index (χ2v) is 22.4. The molecule has 6 heteroatoms. The minimum absolute atomic E-state index is 0.0797. The van der Waals surface area contributed by atoms with E-state index >= 15 is 0 Å². The number of ether oxygens (including phenoxy) is 3. The average Bonchev–Trinajstić information content (AvgIpc) is 3.42. The predicted molar refractivity (Wildman–Crippen MR) is 330 cm³/mol. The number of hydrogen-bond donors (Lipinski definition) is 0. The second kappa shape index (κ2) is 64.6. The van der Waals surface area contributed by atoms with E-state index in [4.69, 9.17) is 14.2 Å². The first-order chi connectivity index (χ1) is 37.5. The lowest BCUT2D eigenvalue weighted by Gasteiger charge is -2.18. The standard InChI is InChI=1S/C70H126O6/c1-4-7-10-13-16-19-22-25-28-29-30-31-32-33-34-35-36-37-38-39-40-41-43-45-48-51-54-57-60-63-69(72)75-66-67(65-74-68(71)62-59-56-53-50-47-44-27-24-21-18-15-12-9-6-3)76-70(73)64-61-58-55-52-49-46-42-26-23-20-17-14-11-8-5-2/h17,20,22,24-27,29-30,42,67H,4-16,18-19,21,23,28,31-41,43-66H2,1-3H3/b20-17-,25-22-,27-24-,30-29-,42-26-. The van der Waals surface area contributed by atoms with Crippen molar-refractivity contribution in [2.24, 2.45) is 0 Å². The number of rotatable bonds is 61. The van der Waals surface area contributed by atoms with E-state index in [1.165, 1.54) is 212 Å². The Morgan fingerprint density at radius 3 is 0.763 bits per heavy atom. The van der Waals surface area contributed by atoms with Crippen molar-refractivity contribution >= 4 is 17.9 Å². The molecule has 0 aliphatic carbocycles. The van der Waals surface area contributed by atoms with Crippen LogP contribution in [0.2, 0.25) is 0 Å². The van der Waals surface area contributed by atoms with Gasteiger partial charge in [-0.3, -0.25) is 14.4 Å². The van der Waals surface area contributed by atoms with E-state index in [1.807, 2.05) is 0 Å². The quantitative estimate of drug-likeness (QED) is 0.0261. The molecular weight excluding hydrogens is 937 g/mol. The number of allylic oxidation sites excluding steroid dienone is 10. The first-order valence-corrected chi connectivity index (χ1v) is 33.3. The lowest BCUT2D eigenvalue weighted by Crippen LogP contribution is -2.30. The highest BCUT2D eigenvalue weighted by Crippen LogP contribution is 2.17. The van der Waals surface area contributed by atoms with Crippen LogP contribution in [-0.4, -0.2) is 37.2 Å². The molecule has 0 aliphatic rings. The molecule has 0 saturated carbocycles. The Hall–Kier alpha value is -2.89. The maximum Gasteiger partial charge on any atom is 0.306 e. The van der Waals surface area contributed by atoms with Gasteiger partial charge in [0.05, 0.1) is 0 Å². The van der Waals surface area contributed by atoms with Crippen LogP contribution in [0, 0.1) is 0 Å². The number of esters is 3. The van der Waals surface area contributed by atoms with Gasteiger partial charge >= 0.3 is 17.9 Å². The molecule has 76 heavy (non-hydrogen) atoms. The van der Waals surface area contributed by atoms with Crippen molar-refractivity contribution in [1.82, 2.24) is 0 Å². The summed E-state index contributed by atoms with van der Waals surface area (Å²) in [7, 11) is 0. The van der Waals surface area contributed by atoms with Crippen LogP contribution in [0.3, 0.4) is 0 Å². The molecule has 0 bridgehead atoms. The molecule has 0 N–H and O–H groups in total. The summed E-state index contributed by atoms with van der Waals surface area (Å²) in [4.78, 5) is 38.3. The zero-order valence-electron chi connectivity index (χ0n) is 50.8. The maximum absolute atomic E-state index is 12.9. The first kappa shape index (κ1) is 73.1. The zero-order chi connectivity index (χ0) is 55.0. The summed E-state index contributed by atoms with van der Waals surface area (Å²) < 4.78 is 16.9. The molecule has 1 unspecified atom stereocenters. The Bertz CT molecular complexity index is 1360. The van der Waals surface area contributed by atoms with Crippen molar-refractivity contribution in [2.75, 3.05) is 13.2 Å². The Kier molecular flexibility index (Phi) is 62.2. The molecule has 0 aromatic rings. The summed E-state index contributed by atoms with van der Waals surface area (Å²) in [5, 5.41) is 0. The Morgan fingerprint density at radius 1 is 0.263 bits per heavy atom. The molecule has 6 nitrogen and oxygen atoms in total. The van der Waals surface area contributed by atoms with Crippen LogP contribution in [0.5, 0.6) is 0 Å². The molecule has 0 heterocycles. The van der Waals surface area contributed by atoms with Crippen molar-refractivity contribution in [1.29, 1.82) is 0 Å². The van der Waals surface area contributed by atoms with Crippen molar-refractivity contribution < 1.29 is 28.6 Å². The zero-order valence-corrected chi connectivity index (χ0v) is 50.8. The van der Waals surface area contributed by atoms with Gasteiger partial charge < -0.3 is 14.2 Å². The van der Waals surface area contributed by atoms with Gasteiger partial charge in [0.15, 0.2) is 6.10 Å². The third-order valence-electron chi connectivity index (χ3n) is 14.7. The third kappa shape index (κ3) is 62.0. The molecule has 0 radical (unpaired) electrons. The minimum atomic E-state index is -0.784. The van der Waals surface area contributed by atoms with Crippen molar-refractivity contribution in [3.05, 3.63) is 60.8 Å². The fourth-order valence-electron chi connectivity index (χ4n) is 9.68. The summed E-state index contributed by atoms with van der Waals surface area (Å²) in [5.74, 6) is -0.885. The van der Waals surface area contributed by atoms with Gasteiger partial charge in [-0.2, -0.15) is 0 Å². The molecule has 0 amide bonds. The molecule has 0 aliphatic heterocycles. The molecule has 442 valence electrons. The van der Waals surface area contributed by atoms with Gasteiger partial charge in [-0.1, -0.05) is 281 Å². The third-order valence-corrected chi connectivity index (χ3v) is 14.7. The van der Waals surface area contributed by atoms with Gasteiger partial charge in [-0.25, -0.2) is 0 Å². The summed E-state index contributed by atoms with van der Waals surface area (Å²) in [5.41, 5.74) is 0. The van der Waals surface area contributed by atoms with Crippen LogP contribution < -0.4 is 0 Å². The van der Waals surface area contributed by atoms with Gasteiger partial charge in [0.1, 0.15) is 13.2 Å². The summed E-state index contributed by atoms with van der Waals surface area (Å²) in [6, 6.07) is 0. The van der Waals surface area contributed by atoms with E-state index in [2.05, 4.69) is 81.5 Å². The minimum Gasteiger partial charge on any atom is -0.462 e. The fourth-order valence-corrected chi connectivity index (χ4v) is 9.68. The topological polar surface area (TPSA) is 78.9 Å². The largest absolute Gasteiger partial charge is 0.462 e. The fraction of sp³-hybridized carbons (Fsp3) is 0.814. The number of hydrogen-bond acceptors (Lipinski definition) is 6. The van der Waals surface area contributed by atoms with E-state index < -0.39 is 6.10 Å². The number of carbonyl (C=O) groups excluding carboxylic acids is 3. The van der Waals surface area contributed by atoms with Crippen molar-refractivity contribution in [2.45, 2.75) is 354 Å². The summed E-state index contributed by atoms with van der Waals surface area (Å²) in [6.45, 7) is 6.62. The van der Waals surface area contributed by atoms with Gasteiger partial charge in [0.25, 0.3) is 0 Å². The average molecular weight is 1060 g/mol. The van der Waals surface area contributed by atoms with Crippen LogP contribution in [0.1, 0.15) is 348 Å². The normalized spacial score (nSPS) is 12.4. The molecule has 0 saturated heterocycles. The Labute approximate surface area is 472 Å². The van der Waals surface area contributed by atoms with E-state index in [1.54, 1.807) is 0 Å². The van der Waals surface area contributed by atoms with Crippen LogP contribution in [-0.2, 0) is 28.6 Å². The molecule has 1 atom stereocenters. The molecule has 0 rings (SSSR count). The molecule has 0 aromatic heterocycles. The predicted octanol–water partition coefficient (Wildman–Crippen LogP) is 22.7. The Balaban J connectivity index is 4.21. The van der Waals surface area contributed by atoms with E-state index in [9.17, 15) is 14.4 Å². The summed E-state index contributed by atoms with van der Waals surface area (Å²) in [6.07, 6.45) is 82.4. The van der Waals surface area contributed by atoms with Crippen molar-refractivity contribution in [3.8, 4) is 0 Å². The van der Waals surface area contributed by atoms with Crippen LogP contribution in [0.15, 0.2) is 60.8 Å². The van der Waals surface area contributed by atoms with Crippen LogP contribution in [0.25, 0.3) is 0 Å². The van der Waals surface area contributed by atoms with E-state index in [0.717, 1.165) is 96.3 Å². The monoisotopic (exact) mass is 1060 g/mol. The highest BCUT2D eigenvalue weighted by Gasteiger charge is 2.19. The van der Waals surface area contributed by atoms with Crippen molar-refractivity contribution in [3.63, 3.8) is 0 Å². The molecule has 0 fully saturated rings. The molecule has 0 spiro atoms. The van der Waals surface area contributed by atoms with Gasteiger partial charge in [0, 0.05) is 19.3 Å². The number of unbranched alkanes of at least 4 members (excludes halogenated alkanes) is 40. The first-order valence-electron chi connectivity index (χ1n) is 33.3. The Morgan fingerprint density at radius 2 is 0.474 bits per heavy atom. The van der Waals surface area contributed by atoms with Gasteiger partial charge in [0.2, 0.25) is 0 Å². The van der Waals surface area contributed by atoms with Crippen LogP contribution in [0.4, 0.5) is 0 Å². The second-order valence-electron chi connectivity index (χ2n) is 22.4. The van der Waals surface area contributed by atoms with Gasteiger partial charge in [-0.15, -0.1) is 0 Å². The van der Waals surface area contributed by atoms with Crippen LogP contribution >= 0.6 is 0 Å². The molecule has 0 aromatic carbocycles. The van der Waals surface area contributed by atoms with E-state index in [-0.39, 0.29) is 31.1 Å². The summed E-state index contributed by atoms with van der Waals surface area (Å²) >= 11 is 0. The lowest BCUT2D eigenvalue weighted by molar-refractivity contribution is -0.167. The maximum atomic E-state index is 12.9. The SMILES string of the molecule is CCCCC/C=C\C/C=C\CCCCCCCC(=O)OC(COC(=O)CCCCCCC/C=C\CCCCCCC)COC(=O)CCCCCCCCCCCCCCCCCCC/C=C\C/C=C\CCCCCCC. The molecular formula is C70H126O6. The highest BCUT2D eigenvalue weighted by atomic mass is 16.6. The number of carbonyl (C=O) groups is 3. The highest BCUT2D eigenvalue weighted by molar-refractivity contribution is 5.71. The van der Waals surface area contributed by atoms with Gasteiger partial charge in [-0.05, 0) is 109 Å².